The van der Waals surface area contributed by atoms with Crippen LogP contribution < -0.4 is 24.3 Å². The fourth-order valence-corrected chi connectivity index (χ4v) is 2.30. The van der Waals surface area contributed by atoms with Gasteiger partial charge in [-0.05, 0) is 30.3 Å². The summed E-state index contributed by atoms with van der Waals surface area (Å²) in [5, 5.41) is 6.47. The van der Waals surface area contributed by atoms with E-state index in [1.165, 1.54) is 13.3 Å². The van der Waals surface area contributed by atoms with E-state index in [1.807, 2.05) is 6.07 Å². The topological polar surface area (TPSA) is 87.6 Å². The zero-order chi connectivity index (χ0) is 18.4. The van der Waals surface area contributed by atoms with Crippen molar-refractivity contribution in [3.63, 3.8) is 0 Å². The Morgan fingerprint density at radius 1 is 1.12 bits per heavy atom. The summed E-state index contributed by atoms with van der Waals surface area (Å²) in [5.41, 5.74) is 1.34. The molecule has 8 heteroatoms. The van der Waals surface area contributed by atoms with Crippen LogP contribution in [0, 0.1) is 0 Å². The molecule has 2 aromatic carbocycles. The predicted molar refractivity (Wildman–Crippen MR) is 94.3 cm³/mol. The molecule has 1 amide bonds. The second-order valence-electron chi connectivity index (χ2n) is 5.24. The van der Waals surface area contributed by atoms with Crippen LogP contribution in [-0.4, -0.2) is 39.7 Å². The van der Waals surface area contributed by atoms with Gasteiger partial charge in [0.25, 0.3) is 5.91 Å². The third kappa shape index (κ3) is 4.15. The van der Waals surface area contributed by atoms with Gasteiger partial charge in [-0.2, -0.15) is 0 Å². The van der Waals surface area contributed by atoms with E-state index < -0.39 is 0 Å². The summed E-state index contributed by atoms with van der Waals surface area (Å²) in [6.45, 7) is -0.0157. The first-order valence-corrected chi connectivity index (χ1v) is 7.76. The minimum atomic E-state index is -0.347. The first kappa shape index (κ1) is 17.4. The standard InChI is InChI=1S/C18H18N2O6/c1-22-14-6-4-13(8-16(14)23-2)20-18(21)10-26-19-9-12-3-5-15-17(7-12)25-11-24-15/h3-9H,10-11H2,1-2H3,(H,20,21)/b19-9+. The minimum absolute atomic E-state index is 0.211. The van der Waals surface area contributed by atoms with E-state index >= 15 is 0 Å². The highest BCUT2D eigenvalue weighted by atomic mass is 16.7. The highest BCUT2D eigenvalue weighted by molar-refractivity contribution is 5.92. The van der Waals surface area contributed by atoms with Gasteiger partial charge in [-0.25, -0.2) is 0 Å². The van der Waals surface area contributed by atoms with Crippen molar-refractivity contribution in [3.05, 3.63) is 42.0 Å². The molecule has 0 atom stereocenters. The number of nitrogens with zero attached hydrogens (tertiary/aromatic N) is 1. The first-order valence-electron chi connectivity index (χ1n) is 7.76. The van der Waals surface area contributed by atoms with Crippen molar-refractivity contribution in [2.45, 2.75) is 0 Å². The summed E-state index contributed by atoms with van der Waals surface area (Å²) in [7, 11) is 3.07. The Kier molecular flexibility index (Phi) is 5.43. The number of methoxy groups -OCH3 is 2. The van der Waals surface area contributed by atoms with Crippen molar-refractivity contribution in [1.29, 1.82) is 0 Å². The molecule has 3 rings (SSSR count). The third-order valence-corrected chi connectivity index (χ3v) is 3.54. The molecule has 0 saturated carbocycles. The lowest BCUT2D eigenvalue weighted by atomic mass is 10.2. The lowest BCUT2D eigenvalue weighted by Gasteiger charge is -2.10. The molecule has 0 aromatic heterocycles. The van der Waals surface area contributed by atoms with Crippen LogP contribution in [0.4, 0.5) is 5.69 Å². The van der Waals surface area contributed by atoms with Gasteiger partial charge in [0.2, 0.25) is 6.79 Å². The summed E-state index contributed by atoms with van der Waals surface area (Å²) in [5.74, 6) is 2.10. The van der Waals surface area contributed by atoms with E-state index in [9.17, 15) is 4.79 Å². The zero-order valence-corrected chi connectivity index (χ0v) is 14.4. The maximum Gasteiger partial charge on any atom is 0.265 e. The number of ether oxygens (including phenoxy) is 4. The van der Waals surface area contributed by atoms with Crippen LogP contribution in [0.25, 0.3) is 0 Å². The second-order valence-corrected chi connectivity index (χ2v) is 5.24. The third-order valence-electron chi connectivity index (χ3n) is 3.54. The maximum absolute atomic E-state index is 11.9. The molecule has 0 aliphatic carbocycles. The number of carbonyl (C=O) groups is 1. The Balaban J connectivity index is 1.50. The highest BCUT2D eigenvalue weighted by Crippen LogP contribution is 2.32. The fraction of sp³-hybridized carbons (Fsp3) is 0.222. The molecular weight excluding hydrogens is 340 g/mol. The monoisotopic (exact) mass is 358 g/mol. The van der Waals surface area contributed by atoms with Crippen LogP contribution in [0.2, 0.25) is 0 Å². The Labute approximate surface area is 150 Å². The van der Waals surface area contributed by atoms with Crippen molar-refractivity contribution in [2.24, 2.45) is 5.16 Å². The number of hydrogen-bond acceptors (Lipinski definition) is 7. The van der Waals surface area contributed by atoms with Crippen LogP contribution in [0.5, 0.6) is 23.0 Å². The lowest BCUT2D eigenvalue weighted by molar-refractivity contribution is -0.120. The first-order chi connectivity index (χ1) is 12.7. The smallest absolute Gasteiger partial charge is 0.265 e. The molecule has 0 fully saturated rings. The number of fused-ring (bicyclic) bond motifs is 1. The summed E-state index contributed by atoms with van der Waals surface area (Å²) in [6, 6.07) is 10.4. The SMILES string of the molecule is COc1ccc(NC(=O)CO/N=C/c2ccc3c(c2)OCO3)cc1OC. The number of anilines is 1. The van der Waals surface area contributed by atoms with E-state index in [0.29, 0.717) is 28.7 Å². The number of benzene rings is 2. The van der Waals surface area contributed by atoms with Gasteiger partial charge in [0.05, 0.1) is 20.4 Å². The van der Waals surface area contributed by atoms with Crippen molar-refractivity contribution in [1.82, 2.24) is 0 Å². The molecule has 2 aromatic rings. The summed E-state index contributed by atoms with van der Waals surface area (Å²) >= 11 is 0. The molecule has 1 aliphatic heterocycles. The number of hydrogen-bond donors (Lipinski definition) is 1. The van der Waals surface area contributed by atoms with E-state index in [-0.39, 0.29) is 19.3 Å². The van der Waals surface area contributed by atoms with Crippen LogP contribution in [0.15, 0.2) is 41.6 Å². The number of oxime groups is 1. The maximum atomic E-state index is 11.9. The number of amides is 1. The number of nitrogens with one attached hydrogen (secondary N) is 1. The number of rotatable bonds is 7. The van der Waals surface area contributed by atoms with Crippen LogP contribution in [-0.2, 0) is 9.63 Å². The fourth-order valence-electron chi connectivity index (χ4n) is 2.30. The minimum Gasteiger partial charge on any atom is -0.493 e. The normalized spacial score (nSPS) is 12.1. The van der Waals surface area contributed by atoms with Crippen molar-refractivity contribution in [2.75, 3.05) is 32.9 Å². The molecule has 8 nitrogen and oxygen atoms in total. The Bertz CT molecular complexity index is 821. The highest BCUT2D eigenvalue weighted by Gasteiger charge is 2.12. The zero-order valence-electron chi connectivity index (χ0n) is 14.4. The van der Waals surface area contributed by atoms with Gasteiger partial charge >= 0.3 is 0 Å². The second kappa shape index (κ2) is 8.11. The molecule has 26 heavy (non-hydrogen) atoms. The average Bonchev–Trinajstić information content (AvgIpc) is 3.13. The molecule has 1 N–H and O–H groups in total. The van der Waals surface area contributed by atoms with Gasteiger partial charge in [-0.3, -0.25) is 4.79 Å². The van der Waals surface area contributed by atoms with Gasteiger partial charge in [0.1, 0.15) is 0 Å². The van der Waals surface area contributed by atoms with E-state index in [0.717, 1.165) is 5.56 Å². The van der Waals surface area contributed by atoms with Crippen LogP contribution in [0.1, 0.15) is 5.56 Å². The molecule has 136 valence electrons. The largest absolute Gasteiger partial charge is 0.493 e. The lowest BCUT2D eigenvalue weighted by Crippen LogP contribution is -2.17. The quantitative estimate of drug-likeness (QED) is 0.604. The van der Waals surface area contributed by atoms with Crippen molar-refractivity contribution < 1.29 is 28.6 Å². The molecule has 0 radical (unpaired) electrons. The molecule has 0 saturated heterocycles. The van der Waals surface area contributed by atoms with Gasteiger partial charge in [-0.15, -0.1) is 0 Å². The van der Waals surface area contributed by atoms with Crippen LogP contribution >= 0.6 is 0 Å². The molecule has 0 unspecified atom stereocenters. The predicted octanol–water partition coefficient (Wildman–Crippen LogP) is 2.42. The van der Waals surface area contributed by atoms with Crippen LogP contribution in [0.3, 0.4) is 0 Å². The molecule has 0 spiro atoms. The van der Waals surface area contributed by atoms with Crippen molar-refractivity contribution >= 4 is 17.8 Å². The molecule has 0 bridgehead atoms. The van der Waals surface area contributed by atoms with Gasteiger partial charge < -0.3 is 29.1 Å². The van der Waals surface area contributed by atoms with E-state index in [4.69, 9.17) is 23.8 Å². The molecule has 1 heterocycles. The Hall–Kier alpha value is -3.42. The molecular formula is C18H18N2O6. The van der Waals surface area contributed by atoms with E-state index in [2.05, 4.69) is 10.5 Å². The van der Waals surface area contributed by atoms with Crippen molar-refractivity contribution in [3.8, 4) is 23.0 Å². The van der Waals surface area contributed by atoms with Gasteiger partial charge in [0, 0.05) is 17.3 Å². The summed E-state index contributed by atoms with van der Waals surface area (Å²) < 4.78 is 20.8. The van der Waals surface area contributed by atoms with Gasteiger partial charge in [-0.1, -0.05) is 5.16 Å². The summed E-state index contributed by atoms with van der Waals surface area (Å²) in [6.07, 6.45) is 1.49. The summed E-state index contributed by atoms with van der Waals surface area (Å²) in [4.78, 5) is 16.9. The van der Waals surface area contributed by atoms with E-state index in [1.54, 1.807) is 37.4 Å². The Morgan fingerprint density at radius 3 is 2.73 bits per heavy atom. The van der Waals surface area contributed by atoms with Gasteiger partial charge in [0.15, 0.2) is 29.6 Å². The number of carbonyl (C=O) groups excluding carboxylic acids is 1. The average molecular weight is 358 g/mol. The Morgan fingerprint density at radius 2 is 1.92 bits per heavy atom. The molecule has 1 aliphatic rings.